The van der Waals surface area contributed by atoms with Gasteiger partial charge in [0.1, 0.15) is 5.75 Å². The number of carbonyl (C=O) groups excluding carboxylic acids is 1. The lowest BCUT2D eigenvalue weighted by Gasteiger charge is -2.36. The molecule has 2 heterocycles. The van der Waals surface area contributed by atoms with Crippen molar-refractivity contribution >= 4 is 16.7 Å². The van der Waals surface area contributed by atoms with Gasteiger partial charge in [0, 0.05) is 18.7 Å². The molecule has 0 spiro atoms. The number of nitrogens with zero attached hydrogens (tertiary/aromatic N) is 3. The van der Waals surface area contributed by atoms with E-state index in [2.05, 4.69) is 10.1 Å². The molecule has 6 nitrogen and oxygen atoms in total. The summed E-state index contributed by atoms with van der Waals surface area (Å²) in [5.41, 5.74) is 0.915. The standard InChI is InChI=1S/C23H19N3O3/c27-21(15-28-20-11-10-16-6-4-5-9-18(16)12-20)26-13-19(14-26)23-24-22(25-29-23)17-7-2-1-3-8-17/h1-12,19H,13-15H2. The monoisotopic (exact) mass is 385 g/mol. The minimum Gasteiger partial charge on any atom is -0.484 e. The summed E-state index contributed by atoms with van der Waals surface area (Å²) in [5.74, 6) is 1.87. The minimum atomic E-state index is -0.0443. The topological polar surface area (TPSA) is 68.5 Å². The van der Waals surface area contributed by atoms with Crippen LogP contribution in [0.3, 0.4) is 0 Å². The Kier molecular flexibility index (Phi) is 4.44. The summed E-state index contributed by atoms with van der Waals surface area (Å²) in [4.78, 5) is 18.6. The number of hydrogen-bond acceptors (Lipinski definition) is 5. The second kappa shape index (κ2) is 7.39. The van der Waals surface area contributed by atoms with Crippen LogP contribution in [0.1, 0.15) is 11.8 Å². The number of benzene rings is 3. The Morgan fingerprint density at radius 1 is 1.00 bits per heavy atom. The fourth-order valence-corrected chi connectivity index (χ4v) is 3.44. The van der Waals surface area contributed by atoms with Gasteiger partial charge in [-0.15, -0.1) is 0 Å². The highest BCUT2D eigenvalue weighted by molar-refractivity contribution is 5.84. The van der Waals surface area contributed by atoms with Gasteiger partial charge in [-0.05, 0) is 22.9 Å². The molecule has 144 valence electrons. The molecule has 4 aromatic rings. The van der Waals surface area contributed by atoms with Crippen LogP contribution in [0.2, 0.25) is 0 Å². The summed E-state index contributed by atoms with van der Waals surface area (Å²) in [6, 6.07) is 23.6. The van der Waals surface area contributed by atoms with E-state index in [4.69, 9.17) is 9.26 Å². The molecular formula is C23H19N3O3. The van der Waals surface area contributed by atoms with Crippen molar-refractivity contribution in [1.82, 2.24) is 15.0 Å². The third-order valence-electron chi connectivity index (χ3n) is 5.14. The number of aromatic nitrogens is 2. The molecular weight excluding hydrogens is 366 g/mol. The van der Waals surface area contributed by atoms with Crippen LogP contribution < -0.4 is 4.74 Å². The van der Waals surface area contributed by atoms with E-state index in [1.165, 1.54) is 0 Å². The second-order valence-corrected chi connectivity index (χ2v) is 7.12. The van der Waals surface area contributed by atoms with Gasteiger partial charge in [0.25, 0.3) is 5.91 Å². The molecule has 3 aromatic carbocycles. The lowest BCUT2D eigenvalue weighted by atomic mass is 10.0. The zero-order valence-corrected chi connectivity index (χ0v) is 15.7. The van der Waals surface area contributed by atoms with Gasteiger partial charge in [0.15, 0.2) is 6.61 Å². The van der Waals surface area contributed by atoms with Crippen LogP contribution >= 0.6 is 0 Å². The SMILES string of the molecule is O=C(COc1ccc2ccccc2c1)N1CC(c2nc(-c3ccccc3)no2)C1. The van der Waals surface area contributed by atoms with Crippen LogP contribution in [0.25, 0.3) is 22.2 Å². The fourth-order valence-electron chi connectivity index (χ4n) is 3.44. The summed E-state index contributed by atoms with van der Waals surface area (Å²) in [5, 5.41) is 6.28. The molecule has 1 aliphatic rings. The largest absolute Gasteiger partial charge is 0.484 e. The highest BCUT2D eigenvalue weighted by Crippen LogP contribution is 2.28. The summed E-state index contributed by atoms with van der Waals surface area (Å²) in [7, 11) is 0. The maximum absolute atomic E-state index is 12.4. The van der Waals surface area contributed by atoms with Crippen LogP contribution in [-0.2, 0) is 4.79 Å². The van der Waals surface area contributed by atoms with E-state index in [1.54, 1.807) is 4.90 Å². The molecule has 0 bridgehead atoms. The third kappa shape index (κ3) is 3.57. The molecule has 0 N–H and O–H groups in total. The first kappa shape index (κ1) is 17.4. The third-order valence-corrected chi connectivity index (χ3v) is 5.14. The van der Waals surface area contributed by atoms with Gasteiger partial charge < -0.3 is 14.2 Å². The van der Waals surface area contributed by atoms with Gasteiger partial charge in [-0.3, -0.25) is 4.79 Å². The molecule has 1 aliphatic heterocycles. The quantitative estimate of drug-likeness (QED) is 0.521. The zero-order valence-electron chi connectivity index (χ0n) is 15.7. The van der Waals surface area contributed by atoms with Crippen molar-refractivity contribution < 1.29 is 14.1 Å². The van der Waals surface area contributed by atoms with E-state index >= 15 is 0 Å². The number of amides is 1. The average molecular weight is 385 g/mol. The first-order valence-corrected chi connectivity index (χ1v) is 9.55. The van der Waals surface area contributed by atoms with Gasteiger partial charge >= 0.3 is 0 Å². The predicted molar refractivity (Wildman–Crippen MR) is 108 cm³/mol. The first-order chi connectivity index (χ1) is 14.3. The van der Waals surface area contributed by atoms with Crippen molar-refractivity contribution in [2.24, 2.45) is 0 Å². The number of likely N-dealkylation sites (tertiary alicyclic amines) is 1. The predicted octanol–water partition coefficient (Wildman–Crippen LogP) is 3.89. The smallest absolute Gasteiger partial charge is 0.260 e. The van der Waals surface area contributed by atoms with Crippen molar-refractivity contribution in [2.75, 3.05) is 19.7 Å². The van der Waals surface area contributed by atoms with Gasteiger partial charge in [-0.1, -0.05) is 65.8 Å². The maximum Gasteiger partial charge on any atom is 0.260 e. The highest BCUT2D eigenvalue weighted by atomic mass is 16.5. The molecule has 0 saturated carbocycles. The molecule has 0 radical (unpaired) electrons. The van der Waals surface area contributed by atoms with Gasteiger partial charge in [-0.2, -0.15) is 4.98 Å². The molecule has 6 heteroatoms. The van der Waals surface area contributed by atoms with Crippen LogP contribution in [0, 0.1) is 0 Å². The van der Waals surface area contributed by atoms with Gasteiger partial charge in [0.2, 0.25) is 11.7 Å². The molecule has 0 atom stereocenters. The van der Waals surface area contributed by atoms with E-state index in [-0.39, 0.29) is 18.4 Å². The Bertz CT molecular complexity index is 1150. The van der Waals surface area contributed by atoms with Crippen LogP contribution in [0.4, 0.5) is 0 Å². The van der Waals surface area contributed by atoms with Gasteiger partial charge in [-0.25, -0.2) is 0 Å². The number of hydrogen-bond donors (Lipinski definition) is 0. The van der Waals surface area contributed by atoms with Crippen molar-refractivity contribution in [3.8, 4) is 17.1 Å². The summed E-state index contributed by atoms with van der Waals surface area (Å²) >= 11 is 0. The van der Waals surface area contributed by atoms with E-state index < -0.39 is 0 Å². The highest BCUT2D eigenvalue weighted by Gasteiger charge is 2.35. The fraction of sp³-hybridized carbons (Fsp3) is 0.174. The number of fused-ring (bicyclic) bond motifs is 1. The number of carbonyl (C=O) groups is 1. The zero-order chi connectivity index (χ0) is 19.6. The minimum absolute atomic E-state index is 0.0180. The summed E-state index contributed by atoms with van der Waals surface area (Å²) < 4.78 is 11.1. The molecule has 5 rings (SSSR count). The molecule has 0 aliphatic carbocycles. The Morgan fingerprint density at radius 2 is 1.76 bits per heavy atom. The Morgan fingerprint density at radius 3 is 2.59 bits per heavy atom. The lowest BCUT2D eigenvalue weighted by molar-refractivity contribution is -0.138. The Balaban J connectivity index is 1.16. The molecule has 29 heavy (non-hydrogen) atoms. The summed E-state index contributed by atoms with van der Waals surface area (Å²) in [6.07, 6.45) is 0. The number of rotatable bonds is 5. The van der Waals surface area contributed by atoms with Crippen molar-refractivity contribution in [1.29, 1.82) is 0 Å². The maximum atomic E-state index is 12.4. The van der Waals surface area contributed by atoms with Crippen LogP contribution in [-0.4, -0.2) is 40.6 Å². The molecule has 1 amide bonds. The van der Waals surface area contributed by atoms with E-state index in [0.717, 1.165) is 16.3 Å². The normalized spacial score (nSPS) is 14.0. The molecule has 0 unspecified atom stereocenters. The Labute approximate surface area is 167 Å². The summed E-state index contributed by atoms with van der Waals surface area (Å²) in [6.45, 7) is 1.15. The van der Waals surface area contributed by atoms with Crippen molar-refractivity contribution in [2.45, 2.75) is 5.92 Å². The van der Waals surface area contributed by atoms with E-state index in [0.29, 0.717) is 30.6 Å². The number of ether oxygens (including phenoxy) is 1. The molecule has 1 saturated heterocycles. The lowest BCUT2D eigenvalue weighted by Crippen LogP contribution is -2.50. The average Bonchev–Trinajstić information content (AvgIpc) is 3.21. The van der Waals surface area contributed by atoms with E-state index in [9.17, 15) is 4.79 Å². The first-order valence-electron chi connectivity index (χ1n) is 9.55. The molecule has 1 fully saturated rings. The van der Waals surface area contributed by atoms with Crippen molar-refractivity contribution in [3.05, 3.63) is 78.7 Å². The van der Waals surface area contributed by atoms with Crippen LogP contribution in [0.5, 0.6) is 5.75 Å². The van der Waals surface area contributed by atoms with Gasteiger partial charge in [0.05, 0.1) is 5.92 Å². The molecule has 1 aromatic heterocycles. The van der Waals surface area contributed by atoms with E-state index in [1.807, 2.05) is 72.8 Å². The van der Waals surface area contributed by atoms with Crippen molar-refractivity contribution in [3.63, 3.8) is 0 Å². The van der Waals surface area contributed by atoms with Crippen LogP contribution in [0.15, 0.2) is 77.3 Å². The second-order valence-electron chi connectivity index (χ2n) is 7.12. The Hall–Kier alpha value is -3.67.